The molecule has 0 saturated carbocycles. The standard InChI is InChI=1S/C16H25NO4S/c1-12(2)7-8-22(19,20)17-11-14(18)10-16(17)13-5-4-6-15(9-13)21-3/h4-6,9,12,14,16,18H,7-8,10-11H2,1-3H3/t14-,16+/m1/s1. The van der Waals surface area contributed by atoms with E-state index < -0.39 is 16.1 Å². The van der Waals surface area contributed by atoms with Gasteiger partial charge in [0.15, 0.2) is 0 Å². The Morgan fingerprint density at radius 3 is 2.77 bits per heavy atom. The van der Waals surface area contributed by atoms with E-state index in [4.69, 9.17) is 4.74 Å². The highest BCUT2D eigenvalue weighted by molar-refractivity contribution is 7.89. The van der Waals surface area contributed by atoms with E-state index in [-0.39, 0.29) is 18.3 Å². The summed E-state index contributed by atoms with van der Waals surface area (Å²) in [5.74, 6) is 1.15. The number of rotatable bonds is 6. The van der Waals surface area contributed by atoms with Gasteiger partial charge in [-0.3, -0.25) is 0 Å². The van der Waals surface area contributed by atoms with Crippen LogP contribution in [0.5, 0.6) is 5.75 Å². The predicted octanol–water partition coefficient (Wildman–Crippen LogP) is 2.18. The summed E-state index contributed by atoms with van der Waals surface area (Å²) in [5, 5.41) is 9.96. The number of hydrogen-bond donors (Lipinski definition) is 1. The van der Waals surface area contributed by atoms with Crippen LogP contribution in [0, 0.1) is 5.92 Å². The largest absolute Gasteiger partial charge is 0.497 e. The van der Waals surface area contributed by atoms with Crippen LogP contribution in [0.3, 0.4) is 0 Å². The summed E-state index contributed by atoms with van der Waals surface area (Å²) < 4.78 is 31.9. The van der Waals surface area contributed by atoms with Crippen molar-refractivity contribution in [2.45, 2.75) is 38.8 Å². The molecule has 5 nitrogen and oxygen atoms in total. The highest BCUT2D eigenvalue weighted by Gasteiger charge is 2.39. The van der Waals surface area contributed by atoms with Gasteiger partial charge in [0.25, 0.3) is 0 Å². The van der Waals surface area contributed by atoms with Gasteiger partial charge in [-0.2, -0.15) is 4.31 Å². The Morgan fingerprint density at radius 1 is 1.41 bits per heavy atom. The Bertz CT molecular complexity index is 600. The zero-order valence-electron chi connectivity index (χ0n) is 13.4. The smallest absolute Gasteiger partial charge is 0.214 e. The van der Waals surface area contributed by atoms with Gasteiger partial charge in [-0.1, -0.05) is 26.0 Å². The van der Waals surface area contributed by atoms with Crippen LogP contribution in [0.1, 0.15) is 38.3 Å². The first kappa shape index (κ1) is 17.2. The lowest BCUT2D eigenvalue weighted by atomic mass is 10.0. The third-order valence-electron chi connectivity index (χ3n) is 4.02. The molecule has 0 unspecified atom stereocenters. The van der Waals surface area contributed by atoms with Crippen molar-refractivity contribution in [1.29, 1.82) is 0 Å². The molecular formula is C16H25NO4S. The fourth-order valence-electron chi connectivity index (χ4n) is 2.75. The number of benzene rings is 1. The minimum atomic E-state index is -3.37. The molecule has 1 aliphatic heterocycles. The van der Waals surface area contributed by atoms with Crippen molar-refractivity contribution in [3.05, 3.63) is 29.8 Å². The van der Waals surface area contributed by atoms with Gasteiger partial charge in [0.05, 0.1) is 25.0 Å². The Morgan fingerprint density at radius 2 is 2.14 bits per heavy atom. The van der Waals surface area contributed by atoms with E-state index >= 15 is 0 Å². The molecule has 1 heterocycles. The maximum atomic E-state index is 12.6. The fourth-order valence-corrected chi connectivity index (χ4v) is 4.74. The topological polar surface area (TPSA) is 66.8 Å². The lowest BCUT2D eigenvalue weighted by Crippen LogP contribution is -2.34. The van der Waals surface area contributed by atoms with Gasteiger partial charge >= 0.3 is 0 Å². The number of ether oxygens (including phenoxy) is 1. The molecule has 1 aromatic carbocycles. The molecule has 1 saturated heterocycles. The molecule has 1 aromatic rings. The maximum absolute atomic E-state index is 12.6. The normalized spacial score (nSPS) is 23.1. The third-order valence-corrected chi connectivity index (χ3v) is 5.89. The highest BCUT2D eigenvalue weighted by Crippen LogP contribution is 2.36. The average molecular weight is 327 g/mol. The number of nitrogens with zero attached hydrogens (tertiary/aromatic N) is 1. The first-order valence-electron chi connectivity index (χ1n) is 7.65. The van der Waals surface area contributed by atoms with E-state index in [0.717, 1.165) is 5.56 Å². The van der Waals surface area contributed by atoms with Crippen LogP contribution < -0.4 is 4.74 Å². The van der Waals surface area contributed by atoms with Crippen molar-refractivity contribution < 1.29 is 18.3 Å². The summed E-state index contributed by atoms with van der Waals surface area (Å²) in [5.41, 5.74) is 0.865. The number of aliphatic hydroxyl groups is 1. The number of sulfonamides is 1. The predicted molar refractivity (Wildman–Crippen MR) is 86.3 cm³/mol. The molecule has 124 valence electrons. The van der Waals surface area contributed by atoms with Crippen molar-refractivity contribution in [3.63, 3.8) is 0 Å². The lowest BCUT2D eigenvalue weighted by molar-refractivity contribution is 0.188. The summed E-state index contributed by atoms with van der Waals surface area (Å²) in [4.78, 5) is 0. The number of aliphatic hydroxyl groups excluding tert-OH is 1. The second-order valence-corrected chi connectivity index (χ2v) is 8.29. The molecule has 0 bridgehead atoms. The van der Waals surface area contributed by atoms with Gasteiger partial charge in [0.2, 0.25) is 10.0 Å². The van der Waals surface area contributed by atoms with Crippen molar-refractivity contribution in [2.75, 3.05) is 19.4 Å². The van der Waals surface area contributed by atoms with Gasteiger partial charge in [-0.15, -0.1) is 0 Å². The van der Waals surface area contributed by atoms with Gasteiger partial charge in [0.1, 0.15) is 5.75 Å². The first-order valence-corrected chi connectivity index (χ1v) is 9.26. The summed E-state index contributed by atoms with van der Waals surface area (Å²) >= 11 is 0. The minimum absolute atomic E-state index is 0.123. The summed E-state index contributed by atoms with van der Waals surface area (Å²) in [6.07, 6.45) is 0.429. The first-order chi connectivity index (χ1) is 10.3. The lowest BCUT2D eigenvalue weighted by Gasteiger charge is -2.24. The summed E-state index contributed by atoms with van der Waals surface area (Å²) in [6.45, 7) is 4.18. The fraction of sp³-hybridized carbons (Fsp3) is 0.625. The molecule has 22 heavy (non-hydrogen) atoms. The zero-order valence-corrected chi connectivity index (χ0v) is 14.2. The van der Waals surface area contributed by atoms with Gasteiger partial charge in [-0.25, -0.2) is 8.42 Å². The molecule has 2 atom stereocenters. The number of β-amino-alcohol motifs (C(OH)–C–C–N with tert-alkyl or cyclic N) is 1. The van der Waals surface area contributed by atoms with Gasteiger partial charge in [0, 0.05) is 6.54 Å². The number of methoxy groups -OCH3 is 1. The Hall–Kier alpha value is -1.11. The van der Waals surface area contributed by atoms with E-state index in [2.05, 4.69) is 0 Å². The molecule has 0 aliphatic carbocycles. The maximum Gasteiger partial charge on any atom is 0.214 e. The Balaban J connectivity index is 2.25. The molecule has 0 aromatic heterocycles. The summed E-state index contributed by atoms with van der Waals surface area (Å²) in [6, 6.07) is 7.08. The SMILES string of the molecule is COc1cccc([C@@H]2C[C@@H](O)CN2S(=O)(=O)CCC(C)C)c1. The van der Waals surface area contributed by atoms with Crippen LogP contribution >= 0.6 is 0 Å². The Labute approximate surface area is 133 Å². The molecule has 2 rings (SSSR count). The molecule has 0 spiro atoms. The molecular weight excluding hydrogens is 302 g/mol. The quantitative estimate of drug-likeness (QED) is 0.869. The van der Waals surface area contributed by atoms with E-state index in [9.17, 15) is 13.5 Å². The van der Waals surface area contributed by atoms with E-state index in [1.54, 1.807) is 7.11 Å². The van der Waals surface area contributed by atoms with Gasteiger partial charge in [-0.05, 0) is 36.5 Å². The van der Waals surface area contributed by atoms with Crippen LogP contribution in [0.2, 0.25) is 0 Å². The van der Waals surface area contributed by atoms with Crippen molar-refractivity contribution in [2.24, 2.45) is 5.92 Å². The molecule has 1 aliphatic rings. The van der Waals surface area contributed by atoms with Crippen LogP contribution in [-0.2, 0) is 10.0 Å². The van der Waals surface area contributed by atoms with Crippen LogP contribution in [0.4, 0.5) is 0 Å². The molecule has 0 radical (unpaired) electrons. The van der Waals surface area contributed by atoms with Crippen LogP contribution in [0.25, 0.3) is 0 Å². The van der Waals surface area contributed by atoms with E-state index in [1.807, 2.05) is 38.1 Å². The summed E-state index contributed by atoms with van der Waals surface area (Å²) in [7, 11) is -1.79. The molecule has 1 fully saturated rings. The second-order valence-electron chi connectivity index (χ2n) is 6.25. The van der Waals surface area contributed by atoms with Gasteiger partial charge < -0.3 is 9.84 Å². The highest BCUT2D eigenvalue weighted by atomic mass is 32.2. The molecule has 1 N–H and O–H groups in total. The molecule has 6 heteroatoms. The van der Waals surface area contributed by atoms with E-state index in [1.165, 1.54) is 4.31 Å². The monoisotopic (exact) mass is 327 g/mol. The Kier molecular flexibility index (Phi) is 5.47. The minimum Gasteiger partial charge on any atom is -0.497 e. The van der Waals surface area contributed by atoms with Crippen LogP contribution in [0.15, 0.2) is 24.3 Å². The van der Waals surface area contributed by atoms with Crippen molar-refractivity contribution in [3.8, 4) is 5.75 Å². The average Bonchev–Trinajstić information content (AvgIpc) is 2.88. The van der Waals surface area contributed by atoms with Crippen LogP contribution in [-0.4, -0.2) is 43.3 Å². The van der Waals surface area contributed by atoms with Crippen molar-refractivity contribution >= 4 is 10.0 Å². The third kappa shape index (κ3) is 4.00. The van der Waals surface area contributed by atoms with E-state index in [0.29, 0.717) is 24.5 Å². The second kappa shape index (κ2) is 6.98. The zero-order chi connectivity index (χ0) is 16.3. The molecule has 0 amide bonds. The number of hydrogen-bond acceptors (Lipinski definition) is 4. The van der Waals surface area contributed by atoms with Crippen molar-refractivity contribution in [1.82, 2.24) is 4.31 Å².